The fraction of sp³-hybridized carbons (Fsp3) is 0.0833. The van der Waals surface area contributed by atoms with Crippen molar-refractivity contribution in [2.75, 3.05) is 4.72 Å². The number of nitrogens with zero attached hydrogens (tertiary/aromatic N) is 1. The van der Waals surface area contributed by atoms with E-state index in [0.717, 1.165) is 4.47 Å². The number of sulfonamides is 1. The van der Waals surface area contributed by atoms with Crippen LogP contribution in [0.1, 0.15) is 5.56 Å². The van der Waals surface area contributed by atoms with Crippen molar-refractivity contribution in [2.24, 2.45) is 0 Å². The van der Waals surface area contributed by atoms with Crippen molar-refractivity contribution >= 4 is 43.2 Å². The standard InChI is InChI=1S/C12H10BrClN2O2S/c1-8-6-7-15-12(14)11(8)16-19(17,18)10-4-2-9(13)3-5-10/h2-7,16H,1H3. The Kier molecular flexibility index (Phi) is 4.13. The molecule has 0 aliphatic rings. The Morgan fingerprint density at radius 3 is 2.42 bits per heavy atom. The van der Waals surface area contributed by atoms with Crippen LogP contribution < -0.4 is 4.72 Å². The SMILES string of the molecule is Cc1ccnc(Cl)c1NS(=O)(=O)c1ccc(Br)cc1. The van der Waals surface area contributed by atoms with Crippen LogP contribution in [0.25, 0.3) is 0 Å². The molecule has 100 valence electrons. The molecule has 2 aromatic rings. The van der Waals surface area contributed by atoms with Gasteiger partial charge < -0.3 is 0 Å². The zero-order valence-corrected chi connectivity index (χ0v) is 13.1. The second-order valence-corrected chi connectivity index (χ2v) is 6.81. The van der Waals surface area contributed by atoms with Crippen molar-refractivity contribution in [3.63, 3.8) is 0 Å². The third-order valence-corrected chi connectivity index (χ3v) is 4.65. The molecule has 1 N–H and O–H groups in total. The molecule has 0 unspecified atom stereocenters. The molecular weight excluding hydrogens is 352 g/mol. The van der Waals surface area contributed by atoms with Crippen LogP contribution in [0.3, 0.4) is 0 Å². The summed E-state index contributed by atoms with van der Waals surface area (Å²) in [7, 11) is -3.67. The molecule has 0 amide bonds. The number of hydrogen-bond acceptors (Lipinski definition) is 3. The molecule has 0 aliphatic heterocycles. The van der Waals surface area contributed by atoms with Crippen LogP contribution in [0.2, 0.25) is 5.15 Å². The zero-order chi connectivity index (χ0) is 14.0. The molecule has 1 aromatic carbocycles. The summed E-state index contributed by atoms with van der Waals surface area (Å²) < 4.78 is 27.7. The van der Waals surface area contributed by atoms with Gasteiger partial charge in [-0.2, -0.15) is 0 Å². The number of hydrogen-bond donors (Lipinski definition) is 1. The Hall–Kier alpha value is -1.11. The molecular formula is C12H10BrClN2O2S. The van der Waals surface area contributed by atoms with E-state index in [1.54, 1.807) is 25.1 Å². The van der Waals surface area contributed by atoms with Crippen LogP contribution in [-0.4, -0.2) is 13.4 Å². The predicted octanol–water partition coefficient (Wildman–Crippen LogP) is 3.61. The third kappa shape index (κ3) is 3.26. The van der Waals surface area contributed by atoms with Crippen molar-refractivity contribution in [3.05, 3.63) is 51.7 Å². The van der Waals surface area contributed by atoms with Gasteiger partial charge in [-0.3, -0.25) is 4.72 Å². The fourth-order valence-electron chi connectivity index (χ4n) is 1.45. The maximum absolute atomic E-state index is 12.2. The van der Waals surface area contributed by atoms with Gasteiger partial charge >= 0.3 is 0 Å². The number of nitrogens with one attached hydrogen (secondary N) is 1. The Labute approximate surface area is 125 Å². The average molecular weight is 362 g/mol. The first-order chi connectivity index (χ1) is 8.90. The van der Waals surface area contributed by atoms with E-state index in [0.29, 0.717) is 11.3 Å². The number of anilines is 1. The predicted molar refractivity (Wildman–Crippen MR) is 78.9 cm³/mol. The van der Waals surface area contributed by atoms with Crippen molar-refractivity contribution in [3.8, 4) is 0 Å². The van der Waals surface area contributed by atoms with Gasteiger partial charge in [-0.1, -0.05) is 27.5 Å². The van der Waals surface area contributed by atoms with Gasteiger partial charge in [0.05, 0.1) is 10.6 Å². The largest absolute Gasteiger partial charge is 0.276 e. The van der Waals surface area contributed by atoms with Crippen LogP contribution in [0.15, 0.2) is 45.9 Å². The molecule has 7 heteroatoms. The van der Waals surface area contributed by atoms with E-state index >= 15 is 0 Å². The molecule has 0 saturated heterocycles. The smallest absolute Gasteiger partial charge is 0.262 e. The summed E-state index contributed by atoms with van der Waals surface area (Å²) in [6.45, 7) is 1.76. The number of aryl methyl sites for hydroxylation is 1. The van der Waals surface area contributed by atoms with Crippen LogP contribution in [0.5, 0.6) is 0 Å². The molecule has 4 nitrogen and oxygen atoms in total. The molecule has 0 atom stereocenters. The van der Waals surface area contributed by atoms with Crippen molar-refractivity contribution in [1.82, 2.24) is 4.98 Å². The highest BCUT2D eigenvalue weighted by Crippen LogP contribution is 2.26. The van der Waals surface area contributed by atoms with Gasteiger partial charge in [0.2, 0.25) is 0 Å². The van der Waals surface area contributed by atoms with Crippen LogP contribution in [0, 0.1) is 6.92 Å². The van der Waals surface area contributed by atoms with Gasteiger partial charge in [0.25, 0.3) is 10.0 Å². The number of pyridine rings is 1. The van der Waals surface area contributed by atoms with Gasteiger partial charge in [-0.15, -0.1) is 0 Å². The topological polar surface area (TPSA) is 59.1 Å². The van der Waals surface area contributed by atoms with Crippen molar-refractivity contribution in [1.29, 1.82) is 0 Å². The third-order valence-electron chi connectivity index (χ3n) is 2.47. The lowest BCUT2D eigenvalue weighted by atomic mass is 10.3. The monoisotopic (exact) mass is 360 g/mol. The van der Waals surface area contributed by atoms with E-state index in [-0.39, 0.29) is 10.0 Å². The Morgan fingerprint density at radius 1 is 1.21 bits per heavy atom. The number of halogens is 2. The Bertz CT molecular complexity index is 682. The van der Waals surface area contributed by atoms with Crippen molar-refractivity contribution < 1.29 is 8.42 Å². The average Bonchev–Trinajstić information content (AvgIpc) is 2.35. The van der Waals surface area contributed by atoms with Gasteiger partial charge in [0.15, 0.2) is 5.15 Å². The first-order valence-electron chi connectivity index (χ1n) is 5.29. The zero-order valence-electron chi connectivity index (χ0n) is 9.89. The summed E-state index contributed by atoms with van der Waals surface area (Å²) >= 11 is 9.16. The summed E-state index contributed by atoms with van der Waals surface area (Å²) in [6, 6.07) is 8.02. The van der Waals surface area contributed by atoms with Gasteiger partial charge in [0, 0.05) is 10.7 Å². The quantitative estimate of drug-likeness (QED) is 0.850. The molecule has 0 saturated carbocycles. The molecule has 0 fully saturated rings. The summed E-state index contributed by atoms with van der Waals surface area (Å²) in [5.74, 6) is 0. The Balaban J connectivity index is 2.39. The molecule has 19 heavy (non-hydrogen) atoms. The highest BCUT2D eigenvalue weighted by molar-refractivity contribution is 9.10. The lowest BCUT2D eigenvalue weighted by Crippen LogP contribution is -2.14. The van der Waals surface area contributed by atoms with Gasteiger partial charge in [0.1, 0.15) is 0 Å². The first-order valence-corrected chi connectivity index (χ1v) is 7.95. The maximum Gasteiger partial charge on any atom is 0.262 e. The minimum Gasteiger partial charge on any atom is -0.276 e. The summed E-state index contributed by atoms with van der Waals surface area (Å²) in [5, 5.41) is 0.126. The summed E-state index contributed by atoms with van der Waals surface area (Å²) in [4.78, 5) is 4.02. The normalized spacial score (nSPS) is 11.3. The lowest BCUT2D eigenvalue weighted by molar-refractivity contribution is 0.601. The minimum atomic E-state index is -3.67. The molecule has 1 aromatic heterocycles. The summed E-state index contributed by atoms with van der Waals surface area (Å²) in [5.41, 5.74) is 1.01. The minimum absolute atomic E-state index is 0.126. The van der Waals surface area contributed by atoms with E-state index in [2.05, 4.69) is 25.6 Å². The molecule has 0 bridgehead atoms. The van der Waals surface area contributed by atoms with Gasteiger partial charge in [-0.05, 0) is 42.8 Å². The summed E-state index contributed by atoms with van der Waals surface area (Å²) in [6.07, 6.45) is 1.52. The molecule has 0 radical (unpaired) electrons. The molecule has 1 heterocycles. The van der Waals surface area contributed by atoms with E-state index in [4.69, 9.17) is 11.6 Å². The van der Waals surface area contributed by atoms with E-state index in [1.807, 2.05) is 0 Å². The van der Waals surface area contributed by atoms with Crippen LogP contribution in [-0.2, 0) is 10.0 Å². The van der Waals surface area contributed by atoms with E-state index in [1.165, 1.54) is 18.3 Å². The van der Waals surface area contributed by atoms with Crippen LogP contribution >= 0.6 is 27.5 Å². The maximum atomic E-state index is 12.2. The second-order valence-electron chi connectivity index (χ2n) is 3.85. The highest BCUT2D eigenvalue weighted by Gasteiger charge is 2.17. The first kappa shape index (κ1) is 14.3. The van der Waals surface area contributed by atoms with Crippen LogP contribution in [0.4, 0.5) is 5.69 Å². The number of rotatable bonds is 3. The lowest BCUT2D eigenvalue weighted by Gasteiger charge is -2.11. The van der Waals surface area contributed by atoms with Crippen molar-refractivity contribution in [2.45, 2.75) is 11.8 Å². The number of benzene rings is 1. The van der Waals surface area contributed by atoms with E-state index < -0.39 is 10.0 Å². The Morgan fingerprint density at radius 2 is 1.84 bits per heavy atom. The second kappa shape index (κ2) is 5.48. The van der Waals surface area contributed by atoms with E-state index in [9.17, 15) is 8.42 Å². The van der Waals surface area contributed by atoms with Gasteiger partial charge in [-0.25, -0.2) is 13.4 Å². The molecule has 0 aliphatic carbocycles. The highest BCUT2D eigenvalue weighted by atomic mass is 79.9. The molecule has 2 rings (SSSR count). The number of aromatic nitrogens is 1. The molecule has 0 spiro atoms. The fourth-order valence-corrected chi connectivity index (χ4v) is 3.17.